The van der Waals surface area contributed by atoms with E-state index in [-0.39, 0.29) is 12.2 Å². The molecule has 23 heavy (non-hydrogen) atoms. The Bertz CT molecular complexity index is 762. The molecule has 0 bridgehead atoms. The third kappa shape index (κ3) is 3.04. The van der Waals surface area contributed by atoms with Crippen molar-refractivity contribution in [2.24, 2.45) is 0 Å². The van der Waals surface area contributed by atoms with E-state index in [4.69, 9.17) is 0 Å². The Kier molecular flexibility index (Phi) is 4.02. The summed E-state index contributed by atoms with van der Waals surface area (Å²) in [6.45, 7) is -0.395. The van der Waals surface area contributed by atoms with E-state index in [1.165, 1.54) is 18.2 Å². The molecule has 3 rings (SSSR count). The third-order valence-electron chi connectivity index (χ3n) is 3.66. The fraction of sp³-hybridized carbons (Fsp3) is 0.111. The van der Waals surface area contributed by atoms with Gasteiger partial charge in [-0.2, -0.15) is 0 Å². The standard InChI is InChI=1S/C18H13F2NO2/c19-13-8-5-12(6-9-13)7-10-14(20)11-21-17(22)15-3-1-2-4-16(15)18(21)23/h1-6,8-10H,7,11H2/b14-10+. The Morgan fingerprint density at radius 2 is 1.52 bits per heavy atom. The van der Waals surface area contributed by atoms with Gasteiger partial charge in [0.15, 0.2) is 0 Å². The van der Waals surface area contributed by atoms with Crippen LogP contribution in [0.5, 0.6) is 0 Å². The third-order valence-corrected chi connectivity index (χ3v) is 3.66. The van der Waals surface area contributed by atoms with Crippen LogP contribution in [-0.4, -0.2) is 23.3 Å². The van der Waals surface area contributed by atoms with Crippen LogP contribution in [0.1, 0.15) is 26.3 Å². The zero-order valence-corrected chi connectivity index (χ0v) is 12.1. The van der Waals surface area contributed by atoms with Gasteiger partial charge in [-0.25, -0.2) is 8.78 Å². The number of allylic oxidation sites excluding steroid dienone is 1. The number of nitrogens with zero attached hydrogens (tertiary/aromatic N) is 1. The van der Waals surface area contributed by atoms with E-state index in [1.807, 2.05) is 0 Å². The fourth-order valence-corrected chi connectivity index (χ4v) is 2.45. The maximum Gasteiger partial charge on any atom is 0.261 e. The quantitative estimate of drug-likeness (QED) is 0.810. The van der Waals surface area contributed by atoms with Crippen LogP contribution in [0.3, 0.4) is 0 Å². The molecule has 0 unspecified atom stereocenters. The second-order valence-electron chi connectivity index (χ2n) is 5.22. The summed E-state index contributed by atoms with van der Waals surface area (Å²) in [5.74, 6) is -1.92. The minimum absolute atomic E-state index is 0.259. The van der Waals surface area contributed by atoms with Gasteiger partial charge < -0.3 is 0 Å². The predicted octanol–water partition coefficient (Wildman–Crippen LogP) is 3.52. The van der Waals surface area contributed by atoms with E-state index in [1.54, 1.807) is 36.4 Å². The molecule has 0 radical (unpaired) electrons. The van der Waals surface area contributed by atoms with Gasteiger partial charge in [0.1, 0.15) is 11.6 Å². The topological polar surface area (TPSA) is 37.4 Å². The molecule has 0 fully saturated rings. The smallest absolute Gasteiger partial charge is 0.261 e. The Labute approximate surface area is 131 Å². The highest BCUT2D eigenvalue weighted by molar-refractivity contribution is 6.21. The molecule has 2 aromatic rings. The lowest BCUT2D eigenvalue weighted by atomic mass is 10.1. The number of halogens is 2. The second-order valence-corrected chi connectivity index (χ2v) is 5.22. The van der Waals surface area contributed by atoms with Crippen LogP contribution >= 0.6 is 0 Å². The fourth-order valence-electron chi connectivity index (χ4n) is 2.45. The molecule has 1 aliphatic rings. The van der Waals surface area contributed by atoms with Crippen molar-refractivity contribution in [2.45, 2.75) is 6.42 Å². The molecule has 2 amide bonds. The molecule has 0 aromatic heterocycles. The number of carbonyl (C=O) groups excluding carboxylic acids is 2. The normalized spacial score (nSPS) is 14.3. The monoisotopic (exact) mass is 313 g/mol. The molecule has 0 N–H and O–H groups in total. The van der Waals surface area contributed by atoms with Crippen molar-refractivity contribution in [3.05, 3.63) is 82.9 Å². The van der Waals surface area contributed by atoms with Crippen LogP contribution in [-0.2, 0) is 6.42 Å². The number of imide groups is 1. The van der Waals surface area contributed by atoms with E-state index in [9.17, 15) is 18.4 Å². The summed E-state index contributed by atoms with van der Waals surface area (Å²) in [7, 11) is 0. The van der Waals surface area contributed by atoms with Crippen molar-refractivity contribution in [1.82, 2.24) is 4.90 Å². The zero-order chi connectivity index (χ0) is 16.4. The molecule has 1 heterocycles. The molecule has 0 atom stereocenters. The lowest BCUT2D eigenvalue weighted by Gasteiger charge is -2.12. The largest absolute Gasteiger partial charge is 0.269 e. The van der Waals surface area contributed by atoms with Crippen LogP contribution in [0.25, 0.3) is 0 Å². The first-order chi connectivity index (χ1) is 11.1. The number of benzene rings is 2. The summed E-state index contributed by atoms with van der Waals surface area (Å²) in [5, 5.41) is 0. The molecule has 0 spiro atoms. The first kappa shape index (κ1) is 15.1. The SMILES string of the molecule is O=C1c2ccccc2C(=O)N1C/C(F)=C\Cc1ccc(F)cc1. The van der Waals surface area contributed by atoms with Crippen molar-refractivity contribution < 1.29 is 18.4 Å². The van der Waals surface area contributed by atoms with Crippen molar-refractivity contribution in [3.8, 4) is 0 Å². The van der Waals surface area contributed by atoms with Gasteiger partial charge in [-0.3, -0.25) is 14.5 Å². The highest BCUT2D eigenvalue weighted by atomic mass is 19.1. The first-order valence-electron chi connectivity index (χ1n) is 7.10. The van der Waals surface area contributed by atoms with E-state index < -0.39 is 24.2 Å². The number of amides is 2. The van der Waals surface area contributed by atoms with Crippen LogP contribution < -0.4 is 0 Å². The zero-order valence-electron chi connectivity index (χ0n) is 12.1. The summed E-state index contributed by atoms with van der Waals surface area (Å²) < 4.78 is 26.8. The van der Waals surface area contributed by atoms with Crippen molar-refractivity contribution in [2.75, 3.05) is 6.54 Å². The van der Waals surface area contributed by atoms with Crippen molar-refractivity contribution in [1.29, 1.82) is 0 Å². The summed E-state index contributed by atoms with van der Waals surface area (Å²) >= 11 is 0. The number of rotatable bonds is 4. The molecule has 0 saturated carbocycles. The number of hydrogen-bond donors (Lipinski definition) is 0. The summed E-state index contributed by atoms with van der Waals surface area (Å²) in [6, 6.07) is 12.1. The van der Waals surface area contributed by atoms with Gasteiger partial charge >= 0.3 is 0 Å². The van der Waals surface area contributed by atoms with Gasteiger partial charge in [0, 0.05) is 0 Å². The highest BCUT2D eigenvalue weighted by Gasteiger charge is 2.35. The lowest BCUT2D eigenvalue weighted by Crippen LogP contribution is -2.31. The van der Waals surface area contributed by atoms with E-state index in [2.05, 4.69) is 0 Å². The molecule has 2 aromatic carbocycles. The van der Waals surface area contributed by atoms with Gasteiger partial charge in [-0.05, 0) is 42.3 Å². The van der Waals surface area contributed by atoms with Gasteiger partial charge in [-0.15, -0.1) is 0 Å². The van der Waals surface area contributed by atoms with E-state index in [0.29, 0.717) is 11.1 Å². The summed E-state index contributed by atoms with van der Waals surface area (Å²) in [6.07, 6.45) is 1.55. The number of fused-ring (bicyclic) bond motifs is 1. The Balaban J connectivity index is 1.70. The van der Waals surface area contributed by atoms with Gasteiger partial charge in [-0.1, -0.05) is 24.3 Å². The summed E-state index contributed by atoms with van der Waals surface area (Å²) in [5.41, 5.74) is 1.33. The van der Waals surface area contributed by atoms with Gasteiger partial charge in [0.2, 0.25) is 0 Å². The molecule has 0 aliphatic carbocycles. The van der Waals surface area contributed by atoms with Crippen LogP contribution in [0.4, 0.5) is 8.78 Å². The maximum absolute atomic E-state index is 14.0. The Hall–Kier alpha value is -2.82. The molecular formula is C18H13F2NO2. The average Bonchev–Trinajstić information content (AvgIpc) is 2.80. The van der Waals surface area contributed by atoms with Crippen LogP contribution in [0.2, 0.25) is 0 Å². The minimum atomic E-state index is -0.580. The molecule has 0 saturated heterocycles. The predicted molar refractivity (Wildman–Crippen MR) is 81.1 cm³/mol. The molecule has 1 aliphatic heterocycles. The second kappa shape index (κ2) is 6.12. The van der Waals surface area contributed by atoms with E-state index in [0.717, 1.165) is 10.5 Å². The number of carbonyl (C=O) groups is 2. The highest BCUT2D eigenvalue weighted by Crippen LogP contribution is 2.23. The Morgan fingerprint density at radius 1 is 0.957 bits per heavy atom. The molecular weight excluding hydrogens is 300 g/mol. The first-order valence-corrected chi connectivity index (χ1v) is 7.10. The Morgan fingerprint density at radius 3 is 2.09 bits per heavy atom. The van der Waals surface area contributed by atoms with E-state index >= 15 is 0 Å². The lowest BCUT2D eigenvalue weighted by molar-refractivity contribution is 0.0660. The van der Waals surface area contributed by atoms with Gasteiger partial charge in [0.05, 0.1) is 17.7 Å². The molecule has 5 heteroatoms. The average molecular weight is 313 g/mol. The molecule has 3 nitrogen and oxygen atoms in total. The van der Waals surface area contributed by atoms with Gasteiger partial charge in [0.25, 0.3) is 11.8 Å². The van der Waals surface area contributed by atoms with Crippen molar-refractivity contribution in [3.63, 3.8) is 0 Å². The number of hydrogen-bond acceptors (Lipinski definition) is 2. The summed E-state index contributed by atoms with van der Waals surface area (Å²) in [4.78, 5) is 25.1. The molecule has 116 valence electrons. The van der Waals surface area contributed by atoms with Crippen molar-refractivity contribution >= 4 is 11.8 Å². The van der Waals surface area contributed by atoms with Crippen LogP contribution in [0.15, 0.2) is 60.4 Å². The minimum Gasteiger partial charge on any atom is -0.269 e. The maximum atomic E-state index is 14.0. The van der Waals surface area contributed by atoms with Crippen LogP contribution in [0, 0.1) is 5.82 Å².